The molecule has 3 aromatic rings. The molecule has 0 radical (unpaired) electrons. The largest absolute Gasteiger partial charge is 0.618 e. The molecule has 0 heterocycles. The molecule has 0 aromatic heterocycles. The van der Waals surface area contributed by atoms with E-state index in [0.29, 0.717) is 11.3 Å². The fourth-order valence-electron chi connectivity index (χ4n) is 2.45. The van der Waals surface area contributed by atoms with E-state index in [1.165, 1.54) is 18.3 Å². The van der Waals surface area contributed by atoms with Gasteiger partial charge in [-0.15, -0.1) is 0 Å². The first-order chi connectivity index (χ1) is 13.5. The standard InChI is InChI=1S/C22H19NO4S/c1-18-13-15-21(16-14-18)28(25,26)27-22-12-6-5-8-19(22)9-7-17-23(24)20-10-3-2-4-11-20/h2-17H,1H3/b9-7+,23-17-. The molecule has 0 bridgehead atoms. The minimum Gasteiger partial charge on any atom is -0.618 e. The van der Waals surface area contributed by atoms with Crippen molar-refractivity contribution in [2.45, 2.75) is 11.8 Å². The third kappa shape index (κ3) is 4.86. The highest BCUT2D eigenvalue weighted by Crippen LogP contribution is 2.24. The van der Waals surface area contributed by atoms with Crippen LogP contribution in [0.3, 0.4) is 0 Å². The maximum atomic E-state index is 12.5. The Balaban J connectivity index is 1.82. The van der Waals surface area contributed by atoms with Crippen LogP contribution in [0.15, 0.2) is 89.8 Å². The molecule has 3 aromatic carbocycles. The lowest BCUT2D eigenvalue weighted by atomic mass is 10.2. The Morgan fingerprint density at radius 1 is 0.893 bits per heavy atom. The van der Waals surface area contributed by atoms with Gasteiger partial charge in [-0.05, 0) is 31.2 Å². The number of hydrogen-bond acceptors (Lipinski definition) is 4. The molecule has 0 aliphatic heterocycles. The predicted octanol–water partition coefficient (Wildman–Crippen LogP) is 4.69. The maximum Gasteiger partial charge on any atom is 0.339 e. The van der Waals surface area contributed by atoms with Gasteiger partial charge in [-0.25, -0.2) is 0 Å². The molecular weight excluding hydrogens is 374 g/mol. The molecule has 0 saturated carbocycles. The zero-order chi connectivity index (χ0) is 20.0. The normalized spacial score (nSPS) is 12.2. The van der Waals surface area contributed by atoms with E-state index >= 15 is 0 Å². The third-order valence-corrected chi connectivity index (χ3v) is 5.18. The number of nitrogens with zero attached hydrogens (tertiary/aromatic N) is 1. The highest BCUT2D eigenvalue weighted by Gasteiger charge is 2.17. The third-order valence-electron chi connectivity index (χ3n) is 3.94. The van der Waals surface area contributed by atoms with Crippen molar-refractivity contribution >= 4 is 28.1 Å². The van der Waals surface area contributed by atoms with Crippen LogP contribution in [0.1, 0.15) is 11.1 Å². The minimum atomic E-state index is -3.95. The summed E-state index contributed by atoms with van der Waals surface area (Å²) in [4.78, 5) is 0.0817. The summed E-state index contributed by atoms with van der Waals surface area (Å²) in [6.07, 6.45) is 4.51. The van der Waals surface area contributed by atoms with Crippen molar-refractivity contribution in [2.75, 3.05) is 0 Å². The SMILES string of the molecule is Cc1ccc(S(=O)(=O)Oc2ccccc2/C=C/C=[N+](\[O-])c2ccccc2)cc1. The average molecular weight is 393 g/mol. The fraction of sp³-hybridized carbons (Fsp3) is 0.0455. The van der Waals surface area contributed by atoms with Crippen molar-refractivity contribution in [3.63, 3.8) is 0 Å². The molecule has 0 N–H and O–H groups in total. The Kier molecular flexibility index (Phi) is 5.91. The van der Waals surface area contributed by atoms with Crippen molar-refractivity contribution in [1.82, 2.24) is 0 Å². The molecule has 0 aliphatic rings. The van der Waals surface area contributed by atoms with Gasteiger partial charge >= 0.3 is 10.1 Å². The van der Waals surface area contributed by atoms with Gasteiger partial charge in [0.25, 0.3) is 0 Å². The van der Waals surface area contributed by atoms with Gasteiger partial charge in [0.1, 0.15) is 10.6 Å². The van der Waals surface area contributed by atoms with Gasteiger partial charge in [-0.3, -0.25) is 0 Å². The summed E-state index contributed by atoms with van der Waals surface area (Å²) in [5.41, 5.74) is 1.99. The molecule has 0 aliphatic carbocycles. The number of benzene rings is 3. The Bertz CT molecular complexity index is 1100. The summed E-state index contributed by atoms with van der Waals surface area (Å²) in [6.45, 7) is 1.88. The first kappa shape index (κ1) is 19.4. The Morgan fingerprint density at radius 3 is 2.25 bits per heavy atom. The smallest absolute Gasteiger partial charge is 0.339 e. The summed E-state index contributed by atoms with van der Waals surface area (Å²) in [7, 11) is -3.95. The van der Waals surface area contributed by atoms with Crippen LogP contribution in [0.5, 0.6) is 5.75 Å². The molecule has 0 unspecified atom stereocenters. The van der Waals surface area contributed by atoms with E-state index in [-0.39, 0.29) is 10.6 Å². The number of aryl methyl sites for hydroxylation is 1. The van der Waals surface area contributed by atoms with Crippen LogP contribution < -0.4 is 4.18 Å². The van der Waals surface area contributed by atoms with Crippen molar-refractivity contribution in [1.29, 1.82) is 0 Å². The number of para-hydroxylation sites is 2. The van der Waals surface area contributed by atoms with E-state index in [9.17, 15) is 13.6 Å². The van der Waals surface area contributed by atoms with Crippen LogP contribution in [-0.4, -0.2) is 19.4 Å². The first-order valence-corrected chi connectivity index (χ1v) is 10.00. The van der Waals surface area contributed by atoms with Crippen LogP contribution in [0.4, 0.5) is 5.69 Å². The highest BCUT2D eigenvalue weighted by atomic mass is 32.2. The summed E-state index contributed by atoms with van der Waals surface area (Å²) in [6, 6.07) is 21.9. The van der Waals surface area contributed by atoms with Crippen LogP contribution in [0, 0.1) is 12.1 Å². The number of rotatable bonds is 6. The van der Waals surface area contributed by atoms with Crippen molar-refractivity contribution in [3.8, 4) is 5.75 Å². The van der Waals surface area contributed by atoms with Crippen LogP contribution in [0.25, 0.3) is 6.08 Å². The van der Waals surface area contributed by atoms with E-state index in [1.807, 2.05) is 13.0 Å². The zero-order valence-corrected chi connectivity index (χ0v) is 16.0. The van der Waals surface area contributed by atoms with E-state index in [4.69, 9.17) is 4.18 Å². The first-order valence-electron chi connectivity index (χ1n) is 8.59. The molecule has 142 valence electrons. The quantitative estimate of drug-likeness (QED) is 0.200. The molecular formula is C22H19NO4S. The van der Waals surface area contributed by atoms with Gasteiger partial charge in [-0.2, -0.15) is 13.2 Å². The predicted molar refractivity (Wildman–Crippen MR) is 110 cm³/mol. The van der Waals surface area contributed by atoms with Gasteiger partial charge in [-0.1, -0.05) is 54.1 Å². The molecule has 0 fully saturated rings. The topological polar surface area (TPSA) is 69.4 Å². The van der Waals surface area contributed by atoms with Crippen molar-refractivity contribution in [3.05, 3.63) is 101 Å². The summed E-state index contributed by atoms with van der Waals surface area (Å²) >= 11 is 0. The van der Waals surface area contributed by atoms with Crippen molar-refractivity contribution in [2.24, 2.45) is 0 Å². The minimum absolute atomic E-state index is 0.0817. The van der Waals surface area contributed by atoms with Gasteiger partial charge < -0.3 is 9.39 Å². The van der Waals surface area contributed by atoms with Crippen molar-refractivity contribution < 1.29 is 17.3 Å². The van der Waals surface area contributed by atoms with E-state index < -0.39 is 10.1 Å². The molecule has 0 atom stereocenters. The molecule has 5 nitrogen and oxygen atoms in total. The highest BCUT2D eigenvalue weighted by molar-refractivity contribution is 7.87. The Hall–Kier alpha value is -3.38. The summed E-state index contributed by atoms with van der Waals surface area (Å²) in [5.74, 6) is 0.185. The van der Waals surface area contributed by atoms with E-state index in [1.54, 1.807) is 72.8 Å². The Labute approximate surface area is 164 Å². The molecule has 0 amide bonds. The zero-order valence-electron chi connectivity index (χ0n) is 15.2. The monoisotopic (exact) mass is 393 g/mol. The summed E-state index contributed by atoms with van der Waals surface area (Å²) < 4.78 is 31.1. The Morgan fingerprint density at radius 2 is 1.54 bits per heavy atom. The average Bonchev–Trinajstić information content (AvgIpc) is 2.70. The van der Waals surface area contributed by atoms with Gasteiger partial charge in [0, 0.05) is 23.8 Å². The summed E-state index contributed by atoms with van der Waals surface area (Å²) in [5, 5.41) is 12.0. The lowest BCUT2D eigenvalue weighted by molar-refractivity contribution is -0.354. The second-order valence-corrected chi connectivity index (χ2v) is 7.60. The molecule has 0 saturated heterocycles. The second-order valence-electron chi connectivity index (χ2n) is 6.06. The second kappa shape index (κ2) is 8.54. The van der Waals surface area contributed by atoms with Crippen LogP contribution in [0.2, 0.25) is 0 Å². The lowest BCUT2D eigenvalue weighted by Gasteiger charge is -2.09. The lowest BCUT2D eigenvalue weighted by Crippen LogP contribution is -2.10. The van der Waals surface area contributed by atoms with Gasteiger partial charge in [0.2, 0.25) is 5.69 Å². The molecule has 28 heavy (non-hydrogen) atoms. The van der Waals surface area contributed by atoms with Crippen LogP contribution >= 0.6 is 0 Å². The molecule has 6 heteroatoms. The number of hydrogen-bond donors (Lipinski definition) is 0. The maximum absolute atomic E-state index is 12.5. The molecule has 0 spiro atoms. The molecule has 3 rings (SSSR count). The van der Waals surface area contributed by atoms with E-state index in [2.05, 4.69) is 0 Å². The fourth-order valence-corrected chi connectivity index (χ4v) is 3.41. The van der Waals surface area contributed by atoms with E-state index in [0.717, 1.165) is 10.3 Å². The van der Waals surface area contributed by atoms with Gasteiger partial charge in [0.05, 0.1) is 0 Å². The number of allylic oxidation sites excluding steroid dienone is 1. The van der Waals surface area contributed by atoms with Crippen LogP contribution in [-0.2, 0) is 10.1 Å². The van der Waals surface area contributed by atoms with Gasteiger partial charge in [0.15, 0.2) is 6.21 Å².